The fraction of sp³-hybridized carbons (Fsp3) is 0.278. The number of fused-ring (bicyclic) bond motifs is 1. The maximum absolute atomic E-state index is 11.1. The molecule has 0 bridgehead atoms. The number of benzene rings is 1. The summed E-state index contributed by atoms with van der Waals surface area (Å²) in [6, 6.07) is 9.18. The monoisotopic (exact) mass is 419 g/mol. The smallest absolute Gasteiger partial charge is 0.354 e. The van der Waals surface area contributed by atoms with E-state index in [1.807, 2.05) is 12.1 Å². The summed E-state index contributed by atoms with van der Waals surface area (Å²) in [5.74, 6) is -1.02. The van der Waals surface area contributed by atoms with Crippen LogP contribution in [0.5, 0.6) is 0 Å². The van der Waals surface area contributed by atoms with E-state index in [-0.39, 0.29) is 5.69 Å². The average molecular weight is 420 g/mol. The molecule has 1 aromatic carbocycles. The van der Waals surface area contributed by atoms with Gasteiger partial charge in [0.1, 0.15) is 5.69 Å². The highest BCUT2D eigenvalue weighted by molar-refractivity contribution is 9.10. The van der Waals surface area contributed by atoms with Crippen LogP contribution < -0.4 is 4.90 Å². The highest BCUT2D eigenvalue weighted by Crippen LogP contribution is 2.34. The van der Waals surface area contributed by atoms with Gasteiger partial charge in [0.25, 0.3) is 0 Å². The zero-order chi connectivity index (χ0) is 18.0. The minimum absolute atomic E-state index is 0.0610. The van der Waals surface area contributed by atoms with Gasteiger partial charge in [0.05, 0.1) is 10.2 Å². The van der Waals surface area contributed by atoms with Crippen molar-refractivity contribution in [1.82, 2.24) is 9.97 Å². The molecule has 0 amide bonds. The van der Waals surface area contributed by atoms with Crippen LogP contribution in [0, 0.1) is 0 Å². The van der Waals surface area contributed by atoms with Crippen LogP contribution >= 0.6 is 27.3 Å². The van der Waals surface area contributed by atoms with Crippen molar-refractivity contribution in [2.75, 3.05) is 18.0 Å². The molecule has 5 nitrogen and oxygen atoms in total. The molecule has 0 aliphatic carbocycles. The van der Waals surface area contributed by atoms with Gasteiger partial charge in [-0.2, -0.15) is 0 Å². The molecule has 0 atom stereocenters. The molecule has 0 saturated carbocycles. The number of nitrogens with zero attached hydrogens (tertiary/aromatic N) is 3. The maximum atomic E-state index is 11.1. The predicted molar refractivity (Wildman–Crippen MR) is 105 cm³/mol. The van der Waals surface area contributed by atoms with E-state index < -0.39 is 5.97 Å². The van der Waals surface area contributed by atoms with Gasteiger partial charge in [-0.25, -0.2) is 14.8 Å². The molecule has 7 heteroatoms. The molecular weight excluding hydrogens is 402 g/mol. The maximum Gasteiger partial charge on any atom is 0.354 e. The molecule has 1 N–H and O–H groups in total. The Kier molecular flexibility index (Phi) is 5.34. The summed E-state index contributed by atoms with van der Waals surface area (Å²) in [6.07, 6.45) is 0.540. The van der Waals surface area contributed by atoms with Crippen molar-refractivity contribution in [3.8, 4) is 0 Å². The lowest BCUT2D eigenvalue weighted by Gasteiger charge is -2.16. The largest absolute Gasteiger partial charge is 0.477 e. The lowest BCUT2D eigenvalue weighted by Crippen LogP contribution is -2.21. The summed E-state index contributed by atoms with van der Waals surface area (Å²) in [5, 5.41) is 10.1. The number of aromatic carboxylic acids is 1. The van der Waals surface area contributed by atoms with E-state index in [0.29, 0.717) is 6.42 Å². The number of carbonyl (C=O) groups is 1. The number of pyridine rings is 1. The van der Waals surface area contributed by atoms with E-state index in [1.165, 1.54) is 6.07 Å². The molecule has 0 spiro atoms. The highest BCUT2D eigenvalue weighted by Gasteiger charge is 2.14. The standard InChI is InChI=1S/C18H18BrN3O2S/c1-3-22(4-2)18-21-16-11(8-12(19)10-15(16)25-18)9-13-6-5-7-14(20-13)17(23)24/h5-8,10H,3-4,9H2,1-2H3,(H,23,24). The SMILES string of the molecule is CCN(CC)c1nc2c(Cc3cccc(C(=O)O)n3)cc(Br)cc2s1. The number of halogens is 1. The van der Waals surface area contributed by atoms with E-state index in [4.69, 9.17) is 10.1 Å². The Morgan fingerprint density at radius 2 is 2.00 bits per heavy atom. The summed E-state index contributed by atoms with van der Waals surface area (Å²) in [4.78, 5) is 22.4. The van der Waals surface area contributed by atoms with E-state index in [1.54, 1.807) is 17.4 Å². The number of hydrogen-bond acceptors (Lipinski definition) is 5. The van der Waals surface area contributed by atoms with Crippen molar-refractivity contribution in [3.05, 3.63) is 51.8 Å². The minimum atomic E-state index is -1.02. The summed E-state index contributed by atoms with van der Waals surface area (Å²) in [5.41, 5.74) is 2.77. The van der Waals surface area contributed by atoms with E-state index in [0.717, 1.165) is 44.2 Å². The Morgan fingerprint density at radius 1 is 1.24 bits per heavy atom. The molecule has 0 aliphatic rings. The van der Waals surface area contributed by atoms with Crippen LogP contribution in [0.3, 0.4) is 0 Å². The van der Waals surface area contributed by atoms with E-state index in [2.05, 4.69) is 45.7 Å². The van der Waals surface area contributed by atoms with Gasteiger partial charge in [-0.1, -0.05) is 33.3 Å². The molecular formula is C18H18BrN3O2S. The first-order valence-corrected chi connectivity index (χ1v) is 9.65. The van der Waals surface area contributed by atoms with Crippen LogP contribution in [0.15, 0.2) is 34.8 Å². The first kappa shape index (κ1) is 17.8. The predicted octanol–water partition coefficient (Wildman–Crippen LogP) is 4.59. The van der Waals surface area contributed by atoms with Gasteiger partial charge >= 0.3 is 5.97 Å². The fourth-order valence-electron chi connectivity index (χ4n) is 2.71. The molecule has 0 saturated heterocycles. The van der Waals surface area contributed by atoms with Gasteiger partial charge in [0.15, 0.2) is 5.13 Å². The summed E-state index contributed by atoms with van der Waals surface area (Å²) >= 11 is 5.24. The van der Waals surface area contributed by atoms with Crippen molar-refractivity contribution in [1.29, 1.82) is 0 Å². The number of carboxylic acid groups (broad SMARTS) is 1. The Labute approximate surface area is 158 Å². The molecule has 25 heavy (non-hydrogen) atoms. The molecule has 2 aromatic heterocycles. The Morgan fingerprint density at radius 3 is 2.68 bits per heavy atom. The Balaban J connectivity index is 2.03. The van der Waals surface area contributed by atoms with Crippen molar-refractivity contribution in [2.45, 2.75) is 20.3 Å². The van der Waals surface area contributed by atoms with Crippen LogP contribution in [0.25, 0.3) is 10.2 Å². The zero-order valence-corrected chi connectivity index (χ0v) is 16.4. The lowest BCUT2D eigenvalue weighted by atomic mass is 10.1. The second kappa shape index (κ2) is 7.49. The number of anilines is 1. The van der Waals surface area contributed by atoms with Crippen LogP contribution in [0.1, 0.15) is 35.6 Å². The second-order valence-electron chi connectivity index (χ2n) is 5.58. The highest BCUT2D eigenvalue weighted by atomic mass is 79.9. The second-order valence-corrected chi connectivity index (χ2v) is 7.50. The van der Waals surface area contributed by atoms with Crippen LogP contribution in [0.2, 0.25) is 0 Å². The minimum Gasteiger partial charge on any atom is -0.477 e. The molecule has 130 valence electrons. The van der Waals surface area contributed by atoms with Crippen LogP contribution in [0.4, 0.5) is 5.13 Å². The molecule has 3 aromatic rings. The first-order chi connectivity index (χ1) is 12.0. The molecule has 0 fully saturated rings. The molecule has 0 radical (unpaired) electrons. The quantitative estimate of drug-likeness (QED) is 0.632. The third-order valence-electron chi connectivity index (χ3n) is 3.96. The Hall–Kier alpha value is -1.99. The van der Waals surface area contributed by atoms with Gasteiger partial charge in [-0.05, 0) is 43.7 Å². The number of rotatable bonds is 6. The lowest BCUT2D eigenvalue weighted by molar-refractivity contribution is 0.0690. The third-order valence-corrected chi connectivity index (χ3v) is 5.48. The first-order valence-electron chi connectivity index (χ1n) is 8.05. The van der Waals surface area contributed by atoms with E-state index in [9.17, 15) is 4.79 Å². The molecule has 2 heterocycles. The van der Waals surface area contributed by atoms with Gasteiger partial charge in [0, 0.05) is 29.7 Å². The van der Waals surface area contributed by atoms with Crippen molar-refractivity contribution < 1.29 is 9.90 Å². The van der Waals surface area contributed by atoms with Gasteiger partial charge in [-0.15, -0.1) is 0 Å². The summed E-state index contributed by atoms with van der Waals surface area (Å²) < 4.78 is 2.10. The number of aromatic nitrogens is 2. The zero-order valence-electron chi connectivity index (χ0n) is 14.0. The molecule has 0 unspecified atom stereocenters. The van der Waals surface area contributed by atoms with Crippen molar-refractivity contribution in [2.24, 2.45) is 0 Å². The summed E-state index contributed by atoms with van der Waals surface area (Å²) in [7, 11) is 0. The number of carboxylic acids is 1. The van der Waals surface area contributed by atoms with Gasteiger partial charge in [0.2, 0.25) is 0 Å². The summed E-state index contributed by atoms with van der Waals surface area (Å²) in [6.45, 7) is 6.06. The number of hydrogen-bond donors (Lipinski definition) is 1. The van der Waals surface area contributed by atoms with Gasteiger partial charge < -0.3 is 10.0 Å². The van der Waals surface area contributed by atoms with Crippen molar-refractivity contribution in [3.63, 3.8) is 0 Å². The van der Waals surface area contributed by atoms with Crippen LogP contribution in [-0.4, -0.2) is 34.1 Å². The average Bonchev–Trinajstić information content (AvgIpc) is 3.00. The molecule has 0 aliphatic heterocycles. The van der Waals surface area contributed by atoms with E-state index >= 15 is 0 Å². The van der Waals surface area contributed by atoms with Gasteiger partial charge in [-0.3, -0.25) is 0 Å². The van der Waals surface area contributed by atoms with Crippen LogP contribution in [-0.2, 0) is 6.42 Å². The Bertz CT molecular complexity index is 922. The topological polar surface area (TPSA) is 66.3 Å². The number of thiazole rings is 1. The molecule has 3 rings (SSSR count). The normalized spacial score (nSPS) is 11.0. The fourth-order valence-corrected chi connectivity index (χ4v) is 4.54. The third kappa shape index (κ3) is 3.82. The van der Waals surface area contributed by atoms with Crippen molar-refractivity contribution >= 4 is 48.6 Å².